The molecule has 4 N–H and O–H groups in total. The molecule has 0 saturated carbocycles. The second-order valence-electron chi connectivity index (χ2n) is 8.83. The predicted molar refractivity (Wildman–Crippen MR) is 137 cm³/mol. The first-order valence-corrected chi connectivity index (χ1v) is 14.2. The van der Waals surface area contributed by atoms with Gasteiger partial charge in [-0.05, 0) is 68.6 Å². The number of rotatable bonds is 3. The summed E-state index contributed by atoms with van der Waals surface area (Å²) in [6.45, 7) is 7.05. The molecule has 2 saturated heterocycles. The third kappa shape index (κ3) is 7.19. The van der Waals surface area contributed by atoms with Crippen LogP contribution in [-0.2, 0) is 25.8 Å². The summed E-state index contributed by atoms with van der Waals surface area (Å²) in [5.74, 6) is 0.799. The molecule has 36 heavy (non-hydrogen) atoms. The molecule has 1 aromatic heterocycles. The first-order valence-electron chi connectivity index (χ1n) is 11.4. The summed E-state index contributed by atoms with van der Waals surface area (Å²) in [6, 6.07) is 16.2. The minimum atomic E-state index is -4.02. The average molecular weight is 534 g/mol. The van der Waals surface area contributed by atoms with Gasteiger partial charge in [-0.25, -0.2) is 0 Å². The highest BCUT2D eigenvalue weighted by Crippen LogP contribution is 2.39. The van der Waals surface area contributed by atoms with Crippen LogP contribution in [0, 0.1) is 19.8 Å². The van der Waals surface area contributed by atoms with Gasteiger partial charge in [0.2, 0.25) is 0 Å². The van der Waals surface area contributed by atoms with Gasteiger partial charge in [0.05, 0.1) is 15.3 Å². The van der Waals surface area contributed by atoms with Crippen molar-refractivity contribution in [2.75, 3.05) is 19.6 Å². The molecule has 3 heterocycles. The Labute approximate surface area is 212 Å². The Kier molecular flexibility index (Phi) is 8.98. The van der Waals surface area contributed by atoms with Crippen LogP contribution in [0.1, 0.15) is 23.1 Å². The highest BCUT2D eigenvalue weighted by Gasteiger charge is 2.48. The normalized spacial score (nSPS) is 20.9. The maximum absolute atomic E-state index is 10.5. The Bertz CT molecular complexity index is 1270. The van der Waals surface area contributed by atoms with Crippen LogP contribution >= 0.6 is 0 Å². The van der Waals surface area contributed by atoms with Crippen LogP contribution in [0.5, 0.6) is 0 Å². The van der Waals surface area contributed by atoms with E-state index in [1.54, 1.807) is 24.3 Å². The molecule has 2 fully saturated rings. The van der Waals surface area contributed by atoms with Gasteiger partial charge in [0.1, 0.15) is 0 Å². The number of fused-ring (bicyclic) bond motifs is 1. The number of aromatic nitrogens is 1. The standard InChI is InChI=1S/C11H15N3.2C7H8O3S/c1-2-9(6-12-4-1)11-8-13-5-3-10(11)7-14-11;2*1-6-2-4-7(5-3-6)11(8,9)10/h1-2,4,6,10,13-14H,3,5,7-8H2;2*2-5H,1H3,(H,8,9,10). The highest BCUT2D eigenvalue weighted by molar-refractivity contribution is 7.86. The van der Waals surface area contributed by atoms with Gasteiger partial charge in [-0.1, -0.05) is 41.5 Å². The van der Waals surface area contributed by atoms with Crippen LogP contribution in [0.4, 0.5) is 0 Å². The zero-order valence-corrected chi connectivity index (χ0v) is 21.8. The predicted octanol–water partition coefficient (Wildman–Crippen LogP) is 2.97. The number of pyridine rings is 1. The summed E-state index contributed by atoms with van der Waals surface area (Å²) >= 11 is 0. The summed E-state index contributed by atoms with van der Waals surface area (Å²) in [6.07, 6.45) is 5.11. The maximum atomic E-state index is 10.5. The summed E-state index contributed by atoms with van der Waals surface area (Å²) in [5, 5.41) is 7.04. The number of benzene rings is 2. The van der Waals surface area contributed by atoms with Gasteiger partial charge >= 0.3 is 0 Å². The Morgan fingerprint density at radius 1 is 0.861 bits per heavy atom. The van der Waals surface area contributed by atoms with Gasteiger partial charge in [0.15, 0.2) is 0 Å². The zero-order chi connectivity index (χ0) is 26.4. The van der Waals surface area contributed by atoms with Crippen LogP contribution in [0.3, 0.4) is 0 Å². The quantitative estimate of drug-likeness (QED) is 0.373. The van der Waals surface area contributed by atoms with E-state index in [0.29, 0.717) is 0 Å². The van der Waals surface area contributed by atoms with Crippen LogP contribution < -0.4 is 10.6 Å². The number of aryl methyl sites for hydroxylation is 2. The van der Waals surface area contributed by atoms with E-state index in [1.165, 1.54) is 36.2 Å². The highest BCUT2D eigenvalue weighted by atomic mass is 32.2. The third-order valence-electron chi connectivity index (χ3n) is 6.25. The lowest BCUT2D eigenvalue weighted by Gasteiger charge is -2.54. The monoisotopic (exact) mass is 533 g/mol. The second kappa shape index (κ2) is 11.6. The molecule has 0 spiro atoms. The molecule has 194 valence electrons. The molecule has 2 atom stereocenters. The number of nitrogens with zero attached hydrogens (tertiary/aromatic N) is 1. The van der Waals surface area contributed by atoms with E-state index in [9.17, 15) is 16.8 Å². The molecule has 2 aliphatic rings. The smallest absolute Gasteiger partial charge is 0.294 e. The van der Waals surface area contributed by atoms with Crippen molar-refractivity contribution in [1.82, 2.24) is 15.6 Å². The minimum Gasteiger partial charge on any atom is -0.315 e. The topological polar surface area (TPSA) is 146 Å². The van der Waals surface area contributed by atoms with E-state index < -0.39 is 20.2 Å². The SMILES string of the molecule is Cc1ccc(S(=O)(=O)O)cc1.Cc1ccc(S(=O)(=O)O)cc1.c1cncc(C23CNCCC2CN3)c1. The molecule has 0 aliphatic carbocycles. The van der Waals surface area contributed by atoms with Gasteiger partial charge in [0, 0.05) is 25.5 Å². The first kappa shape index (κ1) is 27.9. The molecule has 3 aromatic rings. The fourth-order valence-corrected chi connectivity index (χ4v) is 5.06. The fourth-order valence-electron chi connectivity index (χ4n) is 4.10. The van der Waals surface area contributed by atoms with E-state index in [0.717, 1.165) is 36.7 Å². The molecule has 0 radical (unpaired) electrons. The fraction of sp³-hybridized carbons (Fsp3) is 0.320. The van der Waals surface area contributed by atoms with E-state index >= 15 is 0 Å². The van der Waals surface area contributed by atoms with Crippen molar-refractivity contribution < 1.29 is 25.9 Å². The lowest BCUT2D eigenvalue weighted by atomic mass is 9.68. The van der Waals surface area contributed by atoms with Gasteiger partial charge in [-0.3, -0.25) is 14.1 Å². The van der Waals surface area contributed by atoms with Crippen LogP contribution in [0.25, 0.3) is 0 Å². The number of nitrogens with one attached hydrogen (secondary N) is 2. The number of hydrogen-bond donors (Lipinski definition) is 4. The van der Waals surface area contributed by atoms with E-state index in [2.05, 4.69) is 21.7 Å². The lowest BCUT2D eigenvalue weighted by Crippen LogP contribution is -2.69. The summed E-state index contributed by atoms with van der Waals surface area (Å²) in [4.78, 5) is 4.07. The molecular weight excluding hydrogens is 502 g/mol. The molecule has 2 aliphatic heterocycles. The van der Waals surface area contributed by atoms with Gasteiger partial charge < -0.3 is 10.6 Å². The van der Waals surface area contributed by atoms with Crippen molar-refractivity contribution in [3.8, 4) is 0 Å². The Morgan fingerprint density at radius 2 is 1.39 bits per heavy atom. The molecular formula is C25H31N3O6S2. The summed E-state index contributed by atoms with van der Waals surface area (Å²) in [7, 11) is -8.04. The second-order valence-corrected chi connectivity index (χ2v) is 11.7. The minimum absolute atomic E-state index is 0.0666. The van der Waals surface area contributed by atoms with Crippen molar-refractivity contribution in [1.29, 1.82) is 0 Å². The average Bonchev–Trinajstić information content (AvgIpc) is 2.81. The summed E-state index contributed by atoms with van der Waals surface area (Å²) in [5.41, 5.74) is 3.44. The Balaban J connectivity index is 0.000000153. The van der Waals surface area contributed by atoms with E-state index in [1.807, 2.05) is 32.3 Å². The lowest BCUT2D eigenvalue weighted by molar-refractivity contribution is 0.0621. The van der Waals surface area contributed by atoms with Crippen molar-refractivity contribution in [3.63, 3.8) is 0 Å². The van der Waals surface area contributed by atoms with Crippen LogP contribution in [-0.4, -0.2) is 50.6 Å². The van der Waals surface area contributed by atoms with Gasteiger partial charge in [-0.15, -0.1) is 0 Å². The first-order chi connectivity index (χ1) is 16.9. The molecule has 2 aromatic carbocycles. The zero-order valence-electron chi connectivity index (χ0n) is 20.1. The summed E-state index contributed by atoms with van der Waals surface area (Å²) < 4.78 is 59.1. The van der Waals surface area contributed by atoms with Gasteiger partial charge in [0.25, 0.3) is 20.2 Å². The molecule has 0 amide bonds. The van der Waals surface area contributed by atoms with Crippen LogP contribution in [0.2, 0.25) is 0 Å². The van der Waals surface area contributed by atoms with Crippen molar-refractivity contribution in [3.05, 3.63) is 89.7 Å². The Hall–Kier alpha value is -2.67. The van der Waals surface area contributed by atoms with Crippen molar-refractivity contribution in [2.45, 2.75) is 35.6 Å². The molecule has 2 unspecified atom stereocenters. The molecule has 11 heteroatoms. The van der Waals surface area contributed by atoms with Crippen LogP contribution in [0.15, 0.2) is 82.8 Å². The van der Waals surface area contributed by atoms with Crippen molar-refractivity contribution >= 4 is 20.2 Å². The molecule has 0 bridgehead atoms. The van der Waals surface area contributed by atoms with Crippen molar-refractivity contribution in [2.24, 2.45) is 5.92 Å². The third-order valence-corrected chi connectivity index (χ3v) is 7.98. The molecule has 9 nitrogen and oxygen atoms in total. The number of hydrogen-bond acceptors (Lipinski definition) is 7. The van der Waals surface area contributed by atoms with E-state index in [4.69, 9.17) is 9.11 Å². The molecule has 5 rings (SSSR count). The van der Waals surface area contributed by atoms with E-state index in [-0.39, 0.29) is 15.3 Å². The maximum Gasteiger partial charge on any atom is 0.294 e. The Morgan fingerprint density at radius 3 is 1.75 bits per heavy atom. The van der Waals surface area contributed by atoms with Gasteiger partial charge in [-0.2, -0.15) is 16.8 Å². The number of piperidine rings is 1. The largest absolute Gasteiger partial charge is 0.315 e.